The molecule has 4 heteroatoms. The van der Waals surface area contributed by atoms with Crippen molar-refractivity contribution in [1.29, 1.82) is 0 Å². The molecule has 0 bridgehead atoms. The van der Waals surface area contributed by atoms with Crippen molar-refractivity contribution >= 4 is 9.84 Å². The molecule has 0 amide bonds. The van der Waals surface area contributed by atoms with Gasteiger partial charge in [-0.15, -0.1) is 0 Å². The van der Waals surface area contributed by atoms with E-state index in [2.05, 4.69) is 43.4 Å². The molecule has 0 saturated carbocycles. The maximum absolute atomic E-state index is 11.6. The quantitative estimate of drug-likeness (QED) is 0.914. The molecule has 3 nitrogen and oxygen atoms in total. The molecule has 1 unspecified atom stereocenters. The highest BCUT2D eigenvalue weighted by molar-refractivity contribution is 7.91. The summed E-state index contributed by atoms with van der Waals surface area (Å²) in [5.74, 6) is 0.666. The van der Waals surface area contributed by atoms with Gasteiger partial charge in [-0.3, -0.25) is 0 Å². The van der Waals surface area contributed by atoms with Gasteiger partial charge in [0.25, 0.3) is 0 Å². The third kappa shape index (κ3) is 3.16. The predicted octanol–water partition coefficient (Wildman–Crippen LogP) is 2.87. The first-order valence-corrected chi connectivity index (χ1v) is 9.74. The minimum atomic E-state index is -2.79. The Labute approximate surface area is 128 Å². The van der Waals surface area contributed by atoms with Crippen molar-refractivity contribution in [3.63, 3.8) is 0 Å². The Kier molecular flexibility index (Phi) is 3.87. The number of nitrogens with one attached hydrogen (secondary N) is 1. The van der Waals surface area contributed by atoms with E-state index in [4.69, 9.17) is 0 Å². The Hall–Kier alpha value is -0.870. The van der Waals surface area contributed by atoms with E-state index in [9.17, 15) is 8.42 Å². The van der Waals surface area contributed by atoms with Gasteiger partial charge >= 0.3 is 0 Å². The molecule has 116 valence electrons. The van der Waals surface area contributed by atoms with Crippen LogP contribution in [0.2, 0.25) is 0 Å². The van der Waals surface area contributed by atoms with Gasteiger partial charge in [-0.1, -0.05) is 38.1 Å². The lowest BCUT2D eigenvalue weighted by atomic mass is 9.70. The highest BCUT2D eigenvalue weighted by Crippen LogP contribution is 2.43. The smallest absolute Gasteiger partial charge is 0.150 e. The van der Waals surface area contributed by atoms with E-state index >= 15 is 0 Å². The van der Waals surface area contributed by atoms with Gasteiger partial charge < -0.3 is 5.32 Å². The van der Waals surface area contributed by atoms with E-state index in [0.29, 0.717) is 23.6 Å². The summed E-state index contributed by atoms with van der Waals surface area (Å²) >= 11 is 0. The number of benzene rings is 1. The lowest BCUT2D eigenvalue weighted by Gasteiger charge is -2.43. The van der Waals surface area contributed by atoms with Crippen LogP contribution < -0.4 is 5.32 Å². The third-order valence-electron chi connectivity index (χ3n) is 5.14. The van der Waals surface area contributed by atoms with Crippen LogP contribution in [0.25, 0.3) is 0 Å². The summed E-state index contributed by atoms with van der Waals surface area (Å²) in [5, 5.41) is 3.78. The monoisotopic (exact) mass is 307 g/mol. The maximum atomic E-state index is 11.6. The van der Waals surface area contributed by atoms with Crippen LogP contribution in [-0.4, -0.2) is 26.0 Å². The molecule has 21 heavy (non-hydrogen) atoms. The van der Waals surface area contributed by atoms with E-state index in [1.165, 1.54) is 17.5 Å². The molecule has 1 heterocycles. The van der Waals surface area contributed by atoms with Gasteiger partial charge in [-0.25, -0.2) is 8.42 Å². The highest BCUT2D eigenvalue weighted by atomic mass is 32.2. The summed E-state index contributed by atoms with van der Waals surface area (Å²) in [6, 6.07) is 9.33. The van der Waals surface area contributed by atoms with Gasteiger partial charge in [0.05, 0.1) is 11.5 Å². The Morgan fingerprint density at radius 1 is 1.14 bits per heavy atom. The fourth-order valence-electron chi connectivity index (χ4n) is 3.67. The molecule has 1 fully saturated rings. The van der Waals surface area contributed by atoms with E-state index in [1.54, 1.807) is 0 Å². The van der Waals surface area contributed by atoms with E-state index in [0.717, 1.165) is 19.3 Å². The van der Waals surface area contributed by atoms with Crippen LogP contribution in [0.4, 0.5) is 0 Å². The SMILES string of the molecule is CC1(C)CCc2ccccc2C1NC1CCS(=O)(=O)CC1. The van der Waals surface area contributed by atoms with Crippen LogP contribution in [0.15, 0.2) is 24.3 Å². The predicted molar refractivity (Wildman–Crippen MR) is 86.1 cm³/mol. The van der Waals surface area contributed by atoms with E-state index in [1.807, 2.05) is 0 Å². The Bertz CT molecular complexity index is 607. The number of fused-ring (bicyclic) bond motifs is 1. The first kappa shape index (κ1) is 15.0. The van der Waals surface area contributed by atoms with Gasteiger partial charge in [0.1, 0.15) is 9.84 Å². The second-order valence-electron chi connectivity index (χ2n) is 7.21. The number of aryl methyl sites for hydroxylation is 1. The van der Waals surface area contributed by atoms with Gasteiger partial charge in [0.2, 0.25) is 0 Å². The number of hydrogen-bond donors (Lipinski definition) is 1. The van der Waals surface area contributed by atoms with E-state index in [-0.39, 0.29) is 5.41 Å². The Balaban J connectivity index is 1.80. The average molecular weight is 307 g/mol. The molecular weight excluding hydrogens is 282 g/mol. The molecule has 2 aliphatic rings. The minimum absolute atomic E-state index is 0.213. The molecule has 0 aromatic heterocycles. The summed E-state index contributed by atoms with van der Waals surface area (Å²) in [6.07, 6.45) is 3.81. The normalized spacial score (nSPS) is 28.0. The summed E-state index contributed by atoms with van der Waals surface area (Å²) in [5.41, 5.74) is 3.06. The molecule has 3 rings (SSSR count). The number of sulfone groups is 1. The third-order valence-corrected chi connectivity index (χ3v) is 6.86. The molecular formula is C17H25NO2S. The van der Waals surface area contributed by atoms with Gasteiger partial charge in [0, 0.05) is 12.1 Å². The molecule has 1 N–H and O–H groups in total. The summed E-state index contributed by atoms with van der Waals surface area (Å²) in [7, 11) is -2.79. The van der Waals surface area contributed by atoms with Crippen LogP contribution in [-0.2, 0) is 16.3 Å². The van der Waals surface area contributed by atoms with Crippen molar-refractivity contribution in [3.8, 4) is 0 Å². The van der Waals surface area contributed by atoms with E-state index < -0.39 is 9.84 Å². The largest absolute Gasteiger partial charge is 0.307 e. The van der Waals surface area contributed by atoms with Crippen LogP contribution in [0, 0.1) is 5.41 Å². The zero-order valence-electron chi connectivity index (χ0n) is 12.9. The minimum Gasteiger partial charge on any atom is -0.307 e. The van der Waals surface area contributed by atoms with Crippen molar-refractivity contribution in [2.24, 2.45) is 5.41 Å². The topological polar surface area (TPSA) is 46.2 Å². The Morgan fingerprint density at radius 2 is 1.81 bits per heavy atom. The Morgan fingerprint density at radius 3 is 2.52 bits per heavy atom. The van der Waals surface area contributed by atoms with Crippen molar-refractivity contribution in [2.75, 3.05) is 11.5 Å². The van der Waals surface area contributed by atoms with Crippen LogP contribution in [0.3, 0.4) is 0 Å². The second-order valence-corrected chi connectivity index (χ2v) is 9.52. The lowest BCUT2D eigenvalue weighted by Crippen LogP contribution is -2.46. The molecule has 1 aromatic rings. The second kappa shape index (κ2) is 5.40. The average Bonchev–Trinajstić information content (AvgIpc) is 2.44. The van der Waals surface area contributed by atoms with Crippen LogP contribution >= 0.6 is 0 Å². The van der Waals surface area contributed by atoms with Gasteiger partial charge in [0.15, 0.2) is 0 Å². The van der Waals surface area contributed by atoms with Gasteiger partial charge in [-0.05, 0) is 42.2 Å². The summed E-state index contributed by atoms with van der Waals surface area (Å²) < 4.78 is 23.2. The number of hydrogen-bond acceptors (Lipinski definition) is 3. The summed E-state index contributed by atoms with van der Waals surface area (Å²) in [6.45, 7) is 4.64. The number of rotatable bonds is 2. The molecule has 0 radical (unpaired) electrons. The van der Waals surface area contributed by atoms with Gasteiger partial charge in [-0.2, -0.15) is 0 Å². The fraction of sp³-hybridized carbons (Fsp3) is 0.647. The summed E-state index contributed by atoms with van der Waals surface area (Å²) in [4.78, 5) is 0. The van der Waals surface area contributed by atoms with Crippen molar-refractivity contribution < 1.29 is 8.42 Å². The van der Waals surface area contributed by atoms with Crippen molar-refractivity contribution in [1.82, 2.24) is 5.32 Å². The first-order valence-electron chi connectivity index (χ1n) is 7.92. The fourth-order valence-corrected chi connectivity index (χ4v) is 5.16. The molecule has 1 aromatic carbocycles. The zero-order chi connectivity index (χ0) is 15.1. The van der Waals surface area contributed by atoms with Crippen molar-refractivity contribution in [3.05, 3.63) is 35.4 Å². The molecule has 1 atom stereocenters. The van der Waals surface area contributed by atoms with Crippen LogP contribution in [0.1, 0.15) is 50.3 Å². The molecule has 1 saturated heterocycles. The molecule has 1 aliphatic heterocycles. The maximum Gasteiger partial charge on any atom is 0.150 e. The standard InChI is InChI=1S/C17H25NO2S/c1-17(2)10-7-13-5-3-4-6-15(13)16(17)18-14-8-11-21(19,20)12-9-14/h3-6,14,16,18H,7-12H2,1-2H3. The zero-order valence-corrected chi connectivity index (χ0v) is 13.7. The highest BCUT2D eigenvalue weighted by Gasteiger charge is 2.37. The molecule has 1 aliphatic carbocycles. The first-order chi connectivity index (χ1) is 9.87. The van der Waals surface area contributed by atoms with Crippen molar-refractivity contribution in [2.45, 2.75) is 51.6 Å². The lowest BCUT2D eigenvalue weighted by molar-refractivity contribution is 0.189. The van der Waals surface area contributed by atoms with Crippen LogP contribution in [0.5, 0.6) is 0 Å². The molecule has 0 spiro atoms.